The molecule has 3 atom stereocenters. The molecule has 5 rings (SSSR count). The number of amidine groups is 1. The third-order valence-electron chi connectivity index (χ3n) is 8.47. The maximum absolute atomic E-state index is 15.3. The lowest BCUT2D eigenvalue weighted by Crippen LogP contribution is -2.40. The average Bonchev–Trinajstić information content (AvgIpc) is 3.40. The summed E-state index contributed by atoms with van der Waals surface area (Å²) in [5.41, 5.74) is 16.6. The first-order valence-corrected chi connectivity index (χ1v) is 15.5. The lowest BCUT2D eigenvalue weighted by Gasteiger charge is -2.31. The zero-order chi connectivity index (χ0) is 31.4. The van der Waals surface area contributed by atoms with Gasteiger partial charge >= 0.3 is 5.69 Å². The van der Waals surface area contributed by atoms with Gasteiger partial charge < -0.3 is 27.1 Å². The molecular formula is C33H44FN9O. The van der Waals surface area contributed by atoms with Gasteiger partial charge in [0.05, 0.1) is 29.8 Å². The monoisotopic (exact) mass is 601 g/mol. The molecule has 11 heteroatoms. The fraction of sp³-hybridized carbons (Fsp3) is 0.455. The summed E-state index contributed by atoms with van der Waals surface area (Å²) in [5.74, 6) is 0.0625. The molecule has 1 saturated heterocycles. The fourth-order valence-corrected chi connectivity index (χ4v) is 6.14. The second kappa shape index (κ2) is 13.8. The van der Waals surface area contributed by atoms with Crippen molar-refractivity contribution in [1.82, 2.24) is 30.2 Å². The predicted molar refractivity (Wildman–Crippen MR) is 174 cm³/mol. The van der Waals surface area contributed by atoms with Crippen molar-refractivity contribution in [3.63, 3.8) is 0 Å². The van der Waals surface area contributed by atoms with E-state index in [9.17, 15) is 4.79 Å². The number of benzene rings is 1. The van der Waals surface area contributed by atoms with Crippen LogP contribution in [0.2, 0.25) is 0 Å². The van der Waals surface area contributed by atoms with E-state index >= 15 is 4.39 Å². The summed E-state index contributed by atoms with van der Waals surface area (Å²) in [4.78, 5) is 25.4. The zero-order valence-electron chi connectivity index (χ0n) is 25.8. The molecule has 0 amide bonds. The first-order chi connectivity index (χ1) is 21.1. The molecule has 1 aromatic carbocycles. The number of aryl methyl sites for hydroxylation is 3. The number of fused-ring (bicyclic) bond motifs is 1. The summed E-state index contributed by atoms with van der Waals surface area (Å²) >= 11 is 0. The number of rotatable bonds is 11. The van der Waals surface area contributed by atoms with Crippen molar-refractivity contribution in [3.8, 4) is 16.9 Å². The van der Waals surface area contributed by atoms with E-state index in [2.05, 4.69) is 20.6 Å². The van der Waals surface area contributed by atoms with E-state index in [0.717, 1.165) is 61.8 Å². The first-order valence-electron chi connectivity index (χ1n) is 15.5. The Hall–Kier alpha value is -3.93. The van der Waals surface area contributed by atoms with Crippen molar-refractivity contribution >= 4 is 16.9 Å². The van der Waals surface area contributed by atoms with Crippen LogP contribution < -0.4 is 27.8 Å². The van der Waals surface area contributed by atoms with Gasteiger partial charge in [-0.2, -0.15) is 4.98 Å². The van der Waals surface area contributed by atoms with Gasteiger partial charge in [-0.25, -0.2) is 9.18 Å². The standard InChI is InChI=1S/C33H44FN9O/c1-19-12-22(7-4-6-21(3)36)14-26(30(19)34)28-15-23-18-43(33(44)42-32(23)41-28)25-13-20(2)31(39-17-25)27-9-5-8-24(40-27)10-11-38-29(37)16-35/h12-15,17-18,21,24,27,40H,4-11,16,35-36H2,1-3H3,(H2,37,38)(H,41,42,44)/t21-,24-,27-/m0/s1. The smallest absolute Gasteiger partial charge is 0.354 e. The Morgan fingerprint density at radius 3 is 2.80 bits per heavy atom. The second-order valence-corrected chi connectivity index (χ2v) is 12.2. The molecule has 1 aliphatic rings. The molecule has 44 heavy (non-hydrogen) atoms. The summed E-state index contributed by atoms with van der Waals surface area (Å²) in [6.45, 7) is 6.70. The highest BCUT2D eigenvalue weighted by Crippen LogP contribution is 2.30. The minimum atomic E-state index is -0.437. The van der Waals surface area contributed by atoms with Gasteiger partial charge in [0.1, 0.15) is 17.3 Å². The van der Waals surface area contributed by atoms with E-state index < -0.39 is 5.69 Å². The summed E-state index contributed by atoms with van der Waals surface area (Å²) in [6, 6.07) is 8.15. The maximum Gasteiger partial charge on any atom is 0.354 e. The van der Waals surface area contributed by atoms with Crippen molar-refractivity contribution in [2.45, 2.75) is 83.8 Å². The van der Waals surface area contributed by atoms with Crippen LogP contribution in [0.3, 0.4) is 0 Å². The molecule has 4 heterocycles. The van der Waals surface area contributed by atoms with E-state index in [0.29, 0.717) is 52.0 Å². The Bertz CT molecular complexity index is 1690. The molecule has 8 N–H and O–H groups in total. The molecule has 1 aliphatic heterocycles. The van der Waals surface area contributed by atoms with Crippen LogP contribution in [0.5, 0.6) is 0 Å². The number of H-pyrrole nitrogens is 1. The van der Waals surface area contributed by atoms with Crippen LogP contribution in [0.25, 0.3) is 28.0 Å². The van der Waals surface area contributed by atoms with Crippen molar-refractivity contribution in [3.05, 3.63) is 75.3 Å². The van der Waals surface area contributed by atoms with Gasteiger partial charge in [0.2, 0.25) is 0 Å². The Kier molecular flexibility index (Phi) is 9.87. The molecule has 0 unspecified atom stereocenters. The van der Waals surface area contributed by atoms with Crippen LogP contribution in [-0.4, -0.2) is 50.5 Å². The van der Waals surface area contributed by atoms with Crippen LogP contribution >= 0.6 is 0 Å². The van der Waals surface area contributed by atoms with Crippen LogP contribution in [0, 0.1) is 25.1 Å². The number of pyridine rings is 1. The number of nitrogens with zero attached hydrogens (tertiary/aromatic N) is 3. The lowest BCUT2D eigenvalue weighted by atomic mass is 9.93. The molecule has 0 spiro atoms. The van der Waals surface area contributed by atoms with Crippen LogP contribution in [0.1, 0.15) is 73.9 Å². The Balaban J connectivity index is 1.36. The lowest BCUT2D eigenvalue weighted by molar-refractivity contribution is 0.307. The molecule has 1 fully saturated rings. The van der Waals surface area contributed by atoms with Gasteiger partial charge in [-0.1, -0.05) is 6.07 Å². The average molecular weight is 602 g/mol. The SMILES string of the molecule is Cc1cc(-n2cc3cc(-c4cc(CCC[C@H](C)N)cc(C)c4F)[nH]c3nc2=O)cnc1[C@@H]1CCC[C@@H](CCNC(=N)CN)N1. The minimum absolute atomic E-state index is 0.120. The van der Waals surface area contributed by atoms with Gasteiger partial charge in [0, 0.05) is 41.8 Å². The second-order valence-electron chi connectivity index (χ2n) is 12.2. The zero-order valence-corrected chi connectivity index (χ0v) is 25.8. The van der Waals surface area contributed by atoms with E-state index in [4.69, 9.17) is 21.9 Å². The Morgan fingerprint density at radius 2 is 2.05 bits per heavy atom. The number of piperidine rings is 1. The van der Waals surface area contributed by atoms with Crippen LogP contribution in [0.4, 0.5) is 4.39 Å². The van der Waals surface area contributed by atoms with Crippen LogP contribution in [0.15, 0.2) is 41.5 Å². The third-order valence-corrected chi connectivity index (χ3v) is 8.47. The van der Waals surface area contributed by atoms with Gasteiger partial charge in [-0.15, -0.1) is 0 Å². The number of aromatic nitrogens is 4. The Labute approximate surface area is 257 Å². The van der Waals surface area contributed by atoms with Gasteiger partial charge in [0.25, 0.3) is 0 Å². The fourth-order valence-electron chi connectivity index (χ4n) is 6.14. The summed E-state index contributed by atoms with van der Waals surface area (Å²) in [7, 11) is 0. The topological polar surface area (TPSA) is 164 Å². The highest BCUT2D eigenvalue weighted by Gasteiger charge is 2.24. The Morgan fingerprint density at radius 1 is 1.23 bits per heavy atom. The number of nitrogens with one attached hydrogen (secondary N) is 4. The van der Waals surface area contributed by atoms with Crippen molar-refractivity contribution < 1.29 is 4.39 Å². The number of nitrogens with two attached hydrogens (primary N) is 2. The molecular weight excluding hydrogens is 557 g/mol. The van der Waals surface area contributed by atoms with Gasteiger partial charge in [-0.05, 0) is 101 Å². The molecule has 0 saturated carbocycles. The normalized spacial score (nSPS) is 17.6. The molecule has 4 aromatic rings. The van der Waals surface area contributed by atoms with E-state index in [-0.39, 0.29) is 24.4 Å². The highest BCUT2D eigenvalue weighted by molar-refractivity contribution is 5.83. The molecule has 10 nitrogen and oxygen atoms in total. The number of hydrogen-bond donors (Lipinski definition) is 6. The summed E-state index contributed by atoms with van der Waals surface area (Å²) < 4.78 is 16.8. The van der Waals surface area contributed by atoms with Gasteiger partial charge in [-0.3, -0.25) is 15.0 Å². The van der Waals surface area contributed by atoms with Crippen molar-refractivity contribution in [2.75, 3.05) is 13.1 Å². The highest BCUT2D eigenvalue weighted by atomic mass is 19.1. The number of hydrogen-bond acceptors (Lipinski definition) is 7. The largest absolute Gasteiger partial charge is 0.373 e. The number of aromatic amines is 1. The maximum atomic E-state index is 15.3. The molecule has 0 bridgehead atoms. The van der Waals surface area contributed by atoms with Gasteiger partial charge in [0.15, 0.2) is 0 Å². The quantitative estimate of drug-likeness (QED) is 0.110. The molecule has 234 valence electrons. The van der Waals surface area contributed by atoms with E-state index in [1.54, 1.807) is 19.3 Å². The van der Waals surface area contributed by atoms with E-state index in [1.807, 2.05) is 38.1 Å². The minimum Gasteiger partial charge on any atom is -0.373 e. The van der Waals surface area contributed by atoms with E-state index in [1.165, 1.54) is 4.57 Å². The summed E-state index contributed by atoms with van der Waals surface area (Å²) in [6.07, 6.45) is 10.2. The first kappa shape index (κ1) is 31.5. The van der Waals surface area contributed by atoms with Crippen LogP contribution in [-0.2, 0) is 6.42 Å². The van der Waals surface area contributed by atoms with Crippen molar-refractivity contribution in [1.29, 1.82) is 5.41 Å². The molecule has 0 radical (unpaired) electrons. The molecule has 3 aromatic heterocycles. The van der Waals surface area contributed by atoms with Crippen molar-refractivity contribution in [2.24, 2.45) is 11.5 Å². The predicted octanol–water partition coefficient (Wildman–Crippen LogP) is 4.30. The third kappa shape index (κ3) is 7.23. The molecule has 0 aliphatic carbocycles. The number of halogens is 1. The summed E-state index contributed by atoms with van der Waals surface area (Å²) in [5, 5.41) is 15.2.